The second-order valence-corrected chi connectivity index (χ2v) is 6.44. The Hall–Kier alpha value is -1.55. The third-order valence-electron chi connectivity index (χ3n) is 5.15. The number of aromatic nitrogens is 2. The molecule has 1 heterocycles. The van der Waals surface area contributed by atoms with Gasteiger partial charge in [-0.3, -0.25) is 0 Å². The monoisotopic (exact) mass is 287 g/mol. The summed E-state index contributed by atoms with van der Waals surface area (Å²) >= 11 is 0. The van der Waals surface area contributed by atoms with E-state index in [1.807, 2.05) is 18.2 Å². The number of aliphatic hydroxyl groups is 1. The number of benzene rings is 1. The van der Waals surface area contributed by atoms with E-state index in [9.17, 15) is 5.11 Å². The molecule has 4 unspecified atom stereocenters. The van der Waals surface area contributed by atoms with Gasteiger partial charge in [0, 0.05) is 11.7 Å². The van der Waals surface area contributed by atoms with Gasteiger partial charge in [-0.2, -0.15) is 0 Å². The quantitative estimate of drug-likeness (QED) is 0.847. The molecule has 1 aliphatic rings. The molecular formula is C17H25N3O. The summed E-state index contributed by atoms with van der Waals surface area (Å²) in [5, 5.41) is 10.1. The van der Waals surface area contributed by atoms with Gasteiger partial charge in [0.15, 0.2) is 0 Å². The van der Waals surface area contributed by atoms with Crippen LogP contribution in [0.1, 0.15) is 58.0 Å². The van der Waals surface area contributed by atoms with E-state index in [1.165, 1.54) is 12.8 Å². The molecule has 0 aliphatic heterocycles. The highest BCUT2D eigenvalue weighted by molar-refractivity contribution is 5.80. The van der Waals surface area contributed by atoms with Crippen LogP contribution in [0.4, 0.5) is 5.69 Å². The molecular weight excluding hydrogens is 262 g/mol. The fourth-order valence-corrected chi connectivity index (χ4v) is 3.94. The van der Waals surface area contributed by atoms with Crippen molar-refractivity contribution < 1.29 is 5.11 Å². The number of nitrogen functional groups attached to an aromatic ring is 1. The summed E-state index contributed by atoms with van der Waals surface area (Å²) in [6, 6.07) is 6.28. The number of hydrogen-bond donors (Lipinski definition) is 2. The number of aliphatic hydroxyl groups excluding tert-OH is 1. The number of anilines is 1. The van der Waals surface area contributed by atoms with Crippen molar-refractivity contribution in [3.05, 3.63) is 24.0 Å². The van der Waals surface area contributed by atoms with Gasteiger partial charge in [-0.05, 0) is 49.8 Å². The van der Waals surface area contributed by atoms with Crippen LogP contribution in [-0.2, 0) is 0 Å². The summed E-state index contributed by atoms with van der Waals surface area (Å²) in [7, 11) is 0. The average molecular weight is 287 g/mol. The van der Waals surface area contributed by atoms with E-state index in [4.69, 9.17) is 5.73 Å². The maximum Gasteiger partial charge on any atom is 0.138 e. The van der Waals surface area contributed by atoms with Crippen molar-refractivity contribution in [2.75, 3.05) is 5.73 Å². The molecule has 0 amide bonds. The van der Waals surface area contributed by atoms with Crippen LogP contribution in [0.25, 0.3) is 11.0 Å². The lowest BCUT2D eigenvalue weighted by Gasteiger charge is -2.24. The fraction of sp³-hybridized carbons (Fsp3) is 0.588. The van der Waals surface area contributed by atoms with Gasteiger partial charge in [-0.1, -0.05) is 20.3 Å². The van der Waals surface area contributed by atoms with E-state index in [1.54, 1.807) is 6.92 Å². The Morgan fingerprint density at radius 1 is 1.43 bits per heavy atom. The number of nitrogens with two attached hydrogens (primary N) is 1. The van der Waals surface area contributed by atoms with Crippen LogP contribution < -0.4 is 5.73 Å². The zero-order valence-electron chi connectivity index (χ0n) is 13.1. The first-order chi connectivity index (χ1) is 10.0. The smallest absolute Gasteiger partial charge is 0.138 e. The predicted molar refractivity (Wildman–Crippen MR) is 86.0 cm³/mol. The summed E-state index contributed by atoms with van der Waals surface area (Å²) in [5.41, 5.74) is 8.57. The summed E-state index contributed by atoms with van der Waals surface area (Å²) in [6.45, 7) is 6.39. The zero-order valence-corrected chi connectivity index (χ0v) is 13.1. The van der Waals surface area contributed by atoms with Crippen LogP contribution in [0, 0.1) is 11.8 Å². The highest BCUT2D eigenvalue weighted by atomic mass is 16.3. The van der Waals surface area contributed by atoms with Crippen LogP contribution >= 0.6 is 0 Å². The molecule has 0 saturated heterocycles. The largest absolute Gasteiger partial charge is 0.399 e. The van der Waals surface area contributed by atoms with E-state index in [-0.39, 0.29) is 0 Å². The normalized spacial score (nSPS) is 27.3. The molecule has 1 saturated carbocycles. The fourth-order valence-electron chi connectivity index (χ4n) is 3.94. The van der Waals surface area contributed by atoms with Crippen LogP contribution in [0.3, 0.4) is 0 Å². The maximum atomic E-state index is 10.1. The Kier molecular flexibility index (Phi) is 3.66. The van der Waals surface area contributed by atoms with Gasteiger partial charge >= 0.3 is 0 Å². The molecule has 0 bridgehead atoms. The van der Waals surface area contributed by atoms with Gasteiger partial charge in [0.05, 0.1) is 11.0 Å². The van der Waals surface area contributed by atoms with Crippen molar-refractivity contribution >= 4 is 16.7 Å². The van der Waals surface area contributed by atoms with Gasteiger partial charge in [0.2, 0.25) is 0 Å². The second-order valence-electron chi connectivity index (χ2n) is 6.44. The van der Waals surface area contributed by atoms with Gasteiger partial charge < -0.3 is 15.4 Å². The Balaban J connectivity index is 2.14. The van der Waals surface area contributed by atoms with Crippen molar-refractivity contribution in [1.82, 2.24) is 9.55 Å². The minimum absolute atomic E-state index is 0.424. The lowest BCUT2D eigenvalue weighted by molar-refractivity contribution is 0.178. The van der Waals surface area contributed by atoms with Crippen LogP contribution in [0.2, 0.25) is 0 Å². The standard InChI is InChI=1S/C17H25N3O/c1-4-12-5-7-15(10(12)2)20-16-8-6-13(18)9-14(16)19-17(20)11(3)21/h6,8-12,15,21H,4-5,7,18H2,1-3H3. The number of fused-ring (bicyclic) bond motifs is 1. The molecule has 4 heteroatoms. The minimum atomic E-state index is -0.563. The van der Waals surface area contributed by atoms with Crippen molar-refractivity contribution in [2.45, 2.75) is 52.2 Å². The number of nitrogens with zero attached hydrogens (tertiary/aromatic N) is 2. The summed E-state index contributed by atoms with van der Waals surface area (Å²) < 4.78 is 2.26. The first-order valence-electron chi connectivity index (χ1n) is 7.98. The van der Waals surface area contributed by atoms with Gasteiger partial charge in [0.25, 0.3) is 0 Å². The molecule has 2 aromatic rings. The lowest BCUT2D eigenvalue weighted by atomic mass is 9.93. The van der Waals surface area contributed by atoms with Crippen molar-refractivity contribution in [3.8, 4) is 0 Å². The summed E-state index contributed by atoms with van der Waals surface area (Å²) in [6.07, 6.45) is 3.08. The third-order valence-corrected chi connectivity index (χ3v) is 5.15. The Labute approximate surface area is 126 Å². The van der Waals surface area contributed by atoms with Crippen LogP contribution in [0.15, 0.2) is 18.2 Å². The molecule has 0 radical (unpaired) electrons. The van der Waals surface area contributed by atoms with E-state index in [0.717, 1.165) is 34.9 Å². The van der Waals surface area contributed by atoms with Gasteiger partial charge in [-0.25, -0.2) is 4.98 Å². The number of rotatable bonds is 3. The molecule has 1 aromatic heterocycles. The average Bonchev–Trinajstić information content (AvgIpc) is 2.98. The molecule has 1 aliphatic carbocycles. The van der Waals surface area contributed by atoms with Crippen molar-refractivity contribution in [3.63, 3.8) is 0 Å². The number of imidazole rings is 1. The van der Waals surface area contributed by atoms with E-state index in [0.29, 0.717) is 12.0 Å². The Morgan fingerprint density at radius 2 is 2.19 bits per heavy atom. The minimum Gasteiger partial charge on any atom is -0.399 e. The molecule has 0 spiro atoms. The zero-order chi connectivity index (χ0) is 15.1. The lowest BCUT2D eigenvalue weighted by Crippen LogP contribution is -2.18. The topological polar surface area (TPSA) is 64.1 Å². The molecule has 21 heavy (non-hydrogen) atoms. The van der Waals surface area contributed by atoms with Crippen LogP contribution in [-0.4, -0.2) is 14.7 Å². The van der Waals surface area contributed by atoms with Crippen molar-refractivity contribution in [1.29, 1.82) is 0 Å². The summed E-state index contributed by atoms with van der Waals surface area (Å²) in [4.78, 5) is 4.64. The van der Waals surface area contributed by atoms with Gasteiger partial charge in [-0.15, -0.1) is 0 Å². The molecule has 114 valence electrons. The first-order valence-corrected chi connectivity index (χ1v) is 7.98. The third kappa shape index (κ3) is 2.31. The molecule has 1 aromatic carbocycles. The second kappa shape index (κ2) is 5.34. The van der Waals surface area contributed by atoms with Crippen molar-refractivity contribution in [2.24, 2.45) is 11.8 Å². The molecule has 4 nitrogen and oxygen atoms in total. The molecule has 3 N–H and O–H groups in total. The van der Waals surface area contributed by atoms with E-state index in [2.05, 4.69) is 23.4 Å². The highest BCUT2D eigenvalue weighted by Gasteiger charge is 2.35. The SMILES string of the molecule is CCC1CCC(n2c(C(C)O)nc3cc(N)ccc32)C1C. The number of hydrogen-bond acceptors (Lipinski definition) is 3. The summed E-state index contributed by atoms with van der Waals surface area (Å²) in [5.74, 6) is 2.15. The highest BCUT2D eigenvalue weighted by Crippen LogP contribution is 2.44. The Bertz CT molecular complexity index is 647. The predicted octanol–water partition coefficient (Wildman–Crippen LogP) is 3.67. The first kappa shape index (κ1) is 14.4. The molecule has 3 rings (SSSR count). The van der Waals surface area contributed by atoms with E-state index >= 15 is 0 Å². The molecule has 4 atom stereocenters. The van der Waals surface area contributed by atoms with E-state index < -0.39 is 6.10 Å². The molecule has 1 fully saturated rings. The van der Waals surface area contributed by atoms with Gasteiger partial charge in [0.1, 0.15) is 11.9 Å². The van der Waals surface area contributed by atoms with Crippen LogP contribution in [0.5, 0.6) is 0 Å². The maximum absolute atomic E-state index is 10.1. The Morgan fingerprint density at radius 3 is 2.81 bits per heavy atom.